The normalized spacial score (nSPS) is 15.9. The minimum Gasteiger partial charge on any atom is -1.00 e. The minimum atomic E-state index is -0.754. The van der Waals surface area contributed by atoms with Crippen molar-refractivity contribution in [3.05, 3.63) is 166 Å². The topological polar surface area (TPSA) is 26.3 Å². The van der Waals surface area contributed by atoms with E-state index in [2.05, 4.69) is 177 Å². The molecule has 0 saturated carbocycles. The van der Waals surface area contributed by atoms with Crippen LogP contribution in [0.15, 0.2) is 118 Å². The van der Waals surface area contributed by atoms with Gasteiger partial charge in [-0.05, 0) is 0 Å². The minimum absolute atomic E-state index is 0. The van der Waals surface area contributed by atoms with Crippen LogP contribution >= 0.6 is 0 Å². The molecule has 0 radical (unpaired) electrons. The van der Waals surface area contributed by atoms with E-state index in [1.165, 1.54) is 66.8 Å². The monoisotopic (exact) mass is 828 g/mol. The zero-order chi connectivity index (χ0) is 38.5. The Morgan fingerprint density at radius 2 is 0.877 bits per heavy atom. The summed E-state index contributed by atoms with van der Waals surface area (Å²) in [4.78, 5) is 0. The Labute approximate surface area is 362 Å². The molecular formula is C52H54Cl2O2Ti. The molecule has 0 fully saturated rings. The third-order valence-electron chi connectivity index (χ3n) is 11.5. The molecule has 0 bridgehead atoms. The fraction of sp³-hybridized carbons (Fsp3) is 0.308. The zero-order valence-electron chi connectivity index (χ0n) is 34.6. The van der Waals surface area contributed by atoms with Gasteiger partial charge in [-0.15, -0.1) is 0 Å². The van der Waals surface area contributed by atoms with E-state index in [0.717, 1.165) is 48.7 Å². The van der Waals surface area contributed by atoms with Gasteiger partial charge in [-0.2, -0.15) is 0 Å². The Morgan fingerprint density at radius 1 is 0.491 bits per heavy atom. The molecule has 2 atom stereocenters. The Kier molecular flexibility index (Phi) is 12.9. The van der Waals surface area contributed by atoms with Crippen LogP contribution in [0, 0.1) is 0 Å². The molecule has 0 aliphatic heterocycles. The van der Waals surface area contributed by atoms with Crippen LogP contribution in [0.5, 0.6) is 0 Å². The molecule has 2 heterocycles. The molecule has 2 aliphatic rings. The van der Waals surface area contributed by atoms with Gasteiger partial charge in [0, 0.05) is 0 Å². The van der Waals surface area contributed by atoms with Gasteiger partial charge in [-0.25, -0.2) is 0 Å². The summed E-state index contributed by atoms with van der Waals surface area (Å²) in [6.07, 6.45) is 8.96. The van der Waals surface area contributed by atoms with Crippen molar-refractivity contribution >= 4 is 23.3 Å². The third kappa shape index (κ3) is 8.53. The van der Waals surface area contributed by atoms with Crippen molar-refractivity contribution in [1.82, 2.24) is 0 Å². The fourth-order valence-electron chi connectivity index (χ4n) is 8.39. The molecular weight excluding hydrogens is 775 g/mol. The number of allylic oxidation sites excluding steroid dienone is 2. The van der Waals surface area contributed by atoms with E-state index in [0.29, 0.717) is 0 Å². The summed E-state index contributed by atoms with van der Waals surface area (Å²) < 4.78 is 13.9. The molecule has 0 spiro atoms. The summed E-state index contributed by atoms with van der Waals surface area (Å²) >= 11 is -0.754. The number of furan rings is 2. The van der Waals surface area contributed by atoms with Crippen molar-refractivity contribution in [2.75, 3.05) is 0 Å². The largest absolute Gasteiger partial charge is 1.00 e. The van der Waals surface area contributed by atoms with E-state index >= 15 is 0 Å². The molecule has 2 aliphatic carbocycles. The van der Waals surface area contributed by atoms with Gasteiger partial charge in [0.2, 0.25) is 0 Å². The van der Waals surface area contributed by atoms with E-state index in [9.17, 15) is 0 Å². The Hall–Kier alpha value is -3.79. The third-order valence-corrected chi connectivity index (χ3v) is 14.4. The van der Waals surface area contributed by atoms with Crippen LogP contribution in [-0.4, -0.2) is 0 Å². The fourth-order valence-corrected chi connectivity index (χ4v) is 11.5. The number of halogens is 2. The average Bonchev–Trinajstić information content (AvgIpc) is 3.97. The van der Waals surface area contributed by atoms with Crippen LogP contribution < -0.4 is 24.8 Å². The van der Waals surface area contributed by atoms with E-state index < -0.39 is 19.2 Å². The van der Waals surface area contributed by atoms with Crippen molar-refractivity contribution in [2.24, 2.45) is 0 Å². The molecule has 0 N–H and O–H groups in total. The Bertz CT molecular complexity index is 2220. The van der Waals surface area contributed by atoms with Crippen LogP contribution in [0.1, 0.15) is 133 Å². The summed E-state index contributed by atoms with van der Waals surface area (Å²) in [5.41, 5.74) is 16.2. The van der Waals surface area contributed by atoms with E-state index in [-0.39, 0.29) is 44.1 Å². The van der Waals surface area contributed by atoms with Crippen LogP contribution in [0.4, 0.5) is 0 Å². The van der Waals surface area contributed by atoms with Gasteiger partial charge in [-0.3, -0.25) is 0 Å². The molecule has 2 unspecified atom stereocenters. The van der Waals surface area contributed by atoms with Gasteiger partial charge >= 0.3 is 340 Å². The smallest absolute Gasteiger partial charge is 1.00 e. The van der Waals surface area contributed by atoms with Gasteiger partial charge in [0.15, 0.2) is 0 Å². The SMILES string of the molecule is CCCc1ccc(C2=Cc3c(-c4ccc(C(C)(C)C)cc4)cccc3[CH]2[Ti+2][CH]2C(c3ccc(CCC)o3)=Cc3c(-c4ccc(C(C)(C)C)cc4)cccc32)o1.[Cl-].[Cl-]. The number of benzene rings is 4. The number of hydrogen-bond donors (Lipinski definition) is 0. The van der Waals surface area contributed by atoms with Crippen LogP contribution in [0.3, 0.4) is 0 Å². The van der Waals surface area contributed by atoms with E-state index in [4.69, 9.17) is 8.83 Å². The van der Waals surface area contributed by atoms with Crippen LogP contribution in [0.2, 0.25) is 0 Å². The van der Waals surface area contributed by atoms with Gasteiger partial charge in [0.1, 0.15) is 0 Å². The number of rotatable bonds is 10. The number of fused-ring (bicyclic) bond motifs is 2. The van der Waals surface area contributed by atoms with Crippen molar-refractivity contribution in [3.8, 4) is 22.3 Å². The second-order valence-corrected chi connectivity index (χ2v) is 19.9. The maximum absolute atomic E-state index is 6.67. The molecule has 4 aromatic carbocycles. The molecule has 5 heteroatoms. The first kappa shape index (κ1) is 42.8. The Morgan fingerprint density at radius 3 is 1.23 bits per heavy atom. The predicted octanol–water partition coefficient (Wildman–Crippen LogP) is 8.69. The van der Waals surface area contributed by atoms with Gasteiger partial charge in [-0.1, -0.05) is 0 Å². The first-order valence-electron chi connectivity index (χ1n) is 20.3. The second-order valence-electron chi connectivity index (χ2n) is 17.5. The van der Waals surface area contributed by atoms with Crippen LogP contribution in [0.25, 0.3) is 45.6 Å². The summed E-state index contributed by atoms with van der Waals surface area (Å²) in [5, 5.41) is 0. The van der Waals surface area contributed by atoms with Crippen LogP contribution in [-0.2, 0) is 42.8 Å². The molecule has 8 rings (SSSR count). The zero-order valence-corrected chi connectivity index (χ0v) is 37.7. The Balaban J connectivity index is 0.00000275. The summed E-state index contributed by atoms with van der Waals surface area (Å²) in [7, 11) is 0. The molecule has 2 nitrogen and oxygen atoms in total. The molecule has 292 valence electrons. The standard InChI is InChI=1S/2C26H27O.2ClH.Ti/c2*1-5-7-22-14-15-25(27-22)20-16-19-8-6-9-23(24(19)17-20)18-10-12-21(13-11-18)26(2,3)4;;;/h2*6,8-17H,5,7H2,1-4H3;2*1H;/q;;;;+2/p-2. The van der Waals surface area contributed by atoms with Gasteiger partial charge in [0.25, 0.3) is 0 Å². The van der Waals surface area contributed by atoms with Crippen molar-refractivity contribution in [3.63, 3.8) is 0 Å². The summed E-state index contributed by atoms with van der Waals surface area (Å²) in [6.45, 7) is 18.1. The maximum atomic E-state index is 6.67. The van der Waals surface area contributed by atoms with E-state index in [1.54, 1.807) is 0 Å². The van der Waals surface area contributed by atoms with Gasteiger partial charge in [0.05, 0.1) is 0 Å². The molecule has 2 aromatic heterocycles. The quantitative estimate of drug-likeness (QED) is 0.129. The molecule has 0 saturated heterocycles. The van der Waals surface area contributed by atoms with Crippen molar-refractivity contribution in [2.45, 2.75) is 100 Å². The second kappa shape index (κ2) is 17.2. The van der Waals surface area contributed by atoms with E-state index in [1.807, 2.05) is 0 Å². The number of aryl methyl sites for hydroxylation is 2. The first-order chi connectivity index (χ1) is 26.4. The average molecular weight is 830 g/mol. The number of hydrogen-bond acceptors (Lipinski definition) is 2. The molecule has 6 aromatic rings. The molecule has 57 heavy (non-hydrogen) atoms. The van der Waals surface area contributed by atoms with Crippen molar-refractivity contribution < 1.29 is 52.8 Å². The van der Waals surface area contributed by atoms with Gasteiger partial charge < -0.3 is 24.8 Å². The first-order valence-corrected chi connectivity index (χ1v) is 22.1. The van der Waals surface area contributed by atoms with Crippen molar-refractivity contribution in [1.29, 1.82) is 0 Å². The summed E-state index contributed by atoms with van der Waals surface area (Å²) in [6, 6.07) is 41.2. The predicted molar refractivity (Wildman–Crippen MR) is 228 cm³/mol. The molecule has 0 amide bonds. The summed E-state index contributed by atoms with van der Waals surface area (Å²) in [5.74, 6) is 4.17. The maximum Gasteiger partial charge on any atom is -1.00 e.